The van der Waals surface area contributed by atoms with E-state index in [1.54, 1.807) is 24.3 Å². The molecule has 2 N–H and O–H groups in total. The molecule has 0 aromatic heterocycles. The summed E-state index contributed by atoms with van der Waals surface area (Å²) in [5.41, 5.74) is 5.37. The lowest BCUT2D eigenvalue weighted by molar-refractivity contribution is -0.119. The Balaban J connectivity index is 1.92. The van der Waals surface area contributed by atoms with Crippen LogP contribution in [0.15, 0.2) is 24.3 Å². The van der Waals surface area contributed by atoms with E-state index in [-0.39, 0.29) is 6.61 Å². The molecule has 114 valence electrons. The third-order valence-electron chi connectivity index (χ3n) is 3.65. The molecule has 1 fully saturated rings. The summed E-state index contributed by atoms with van der Waals surface area (Å²) in [4.78, 5) is 22.9. The van der Waals surface area contributed by atoms with Crippen molar-refractivity contribution < 1.29 is 19.1 Å². The van der Waals surface area contributed by atoms with E-state index < -0.39 is 11.9 Å². The van der Waals surface area contributed by atoms with Gasteiger partial charge in [0.15, 0.2) is 6.61 Å². The van der Waals surface area contributed by atoms with E-state index in [2.05, 4.69) is 0 Å². The molecule has 5 nitrogen and oxygen atoms in total. The van der Waals surface area contributed by atoms with Crippen molar-refractivity contribution in [3.63, 3.8) is 0 Å². The van der Waals surface area contributed by atoms with Gasteiger partial charge in [0.1, 0.15) is 11.3 Å². The summed E-state index contributed by atoms with van der Waals surface area (Å²) in [6, 6.07) is 6.71. The average molecular weight is 291 g/mol. The largest absolute Gasteiger partial charge is 0.483 e. The third kappa shape index (κ3) is 4.77. The van der Waals surface area contributed by atoms with Gasteiger partial charge in [0.05, 0.1) is 6.61 Å². The van der Waals surface area contributed by atoms with Crippen molar-refractivity contribution in [2.24, 2.45) is 11.7 Å². The Morgan fingerprint density at radius 3 is 2.57 bits per heavy atom. The summed E-state index contributed by atoms with van der Waals surface area (Å²) in [5, 5.41) is 0. The predicted molar refractivity (Wildman–Crippen MR) is 78.0 cm³/mol. The first kappa shape index (κ1) is 15.4. The molecular formula is C16H21NO4. The lowest BCUT2D eigenvalue weighted by atomic mass is 9.90. The van der Waals surface area contributed by atoms with Crippen LogP contribution in [0.25, 0.3) is 0 Å². The SMILES string of the molecule is NC(=O)COc1ccccc1C(=O)OCC1CCCCC1. The van der Waals surface area contributed by atoms with Crippen LogP contribution in [0.1, 0.15) is 42.5 Å². The van der Waals surface area contributed by atoms with Crippen LogP contribution >= 0.6 is 0 Å². The fourth-order valence-corrected chi connectivity index (χ4v) is 2.54. The van der Waals surface area contributed by atoms with E-state index in [1.165, 1.54) is 19.3 Å². The minimum absolute atomic E-state index is 0.257. The molecule has 21 heavy (non-hydrogen) atoms. The standard InChI is InChI=1S/C16H21NO4/c17-15(18)11-20-14-9-5-4-8-13(14)16(19)21-10-12-6-2-1-3-7-12/h4-5,8-9,12H,1-3,6-7,10-11H2,(H2,17,18). The Hall–Kier alpha value is -2.04. The van der Waals surface area contributed by atoms with Crippen LogP contribution < -0.4 is 10.5 Å². The Labute approximate surface area is 124 Å². The molecule has 2 rings (SSSR count). The number of benzene rings is 1. The maximum absolute atomic E-state index is 12.1. The number of primary amides is 1. The van der Waals surface area contributed by atoms with Crippen molar-refractivity contribution in [2.45, 2.75) is 32.1 Å². The van der Waals surface area contributed by atoms with Gasteiger partial charge in [0.2, 0.25) is 0 Å². The monoisotopic (exact) mass is 291 g/mol. The second-order valence-corrected chi connectivity index (χ2v) is 5.35. The number of nitrogens with two attached hydrogens (primary N) is 1. The average Bonchev–Trinajstić information content (AvgIpc) is 2.52. The van der Waals surface area contributed by atoms with E-state index >= 15 is 0 Å². The Morgan fingerprint density at radius 2 is 1.86 bits per heavy atom. The highest BCUT2D eigenvalue weighted by Crippen LogP contribution is 2.25. The van der Waals surface area contributed by atoms with Crippen LogP contribution in [0, 0.1) is 5.92 Å². The van der Waals surface area contributed by atoms with Gasteiger partial charge in [-0.1, -0.05) is 31.4 Å². The van der Waals surface area contributed by atoms with Gasteiger partial charge in [0, 0.05) is 0 Å². The molecule has 1 aliphatic carbocycles. The summed E-state index contributed by atoms with van der Waals surface area (Å²) in [6.07, 6.45) is 5.93. The summed E-state index contributed by atoms with van der Waals surface area (Å²) in [6.45, 7) is 0.190. The first-order chi connectivity index (χ1) is 10.2. The van der Waals surface area contributed by atoms with Crippen LogP contribution in [0.3, 0.4) is 0 Å². The molecule has 1 amide bonds. The summed E-state index contributed by atoms with van der Waals surface area (Å²) < 4.78 is 10.6. The molecule has 0 saturated heterocycles. The van der Waals surface area contributed by atoms with Gasteiger partial charge in [-0.25, -0.2) is 4.79 Å². The van der Waals surface area contributed by atoms with Gasteiger partial charge in [-0.3, -0.25) is 4.79 Å². The highest BCUT2D eigenvalue weighted by atomic mass is 16.5. The number of rotatable bonds is 6. The molecule has 0 unspecified atom stereocenters. The number of amides is 1. The highest BCUT2D eigenvalue weighted by molar-refractivity contribution is 5.92. The van der Waals surface area contributed by atoms with Gasteiger partial charge >= 0.3 is 5.97 Å². The molecule has 0 aliphatic heterocycles. The maximum Gasteiger partial charge on any atom is 0.341 e. The normalized spacial score (nSPS) is 15.4. The van der Waals surface area contributed by atoms with Gasteiger partial charge in [-0.05, 0) is 30.9 Å². The summed E-state index contributed by atoms with van der Waals surface area (Å²) in [5.74, 6) is -0.215. The fourth-order valence-electron chi connectivity index (χ4n) is 2.54. The smallest absolute Gasteiger partial charge is 0.341 e. The Morgan fingerprint density at radius 1 is 1.14 bits per heavy atom. The summed E-state index contributed by atoms with van der Waals surface area (Å²) >= 11 is 0. The fraction of sp³-hybridized carbons (Fsp3) is 0.500. The minimum Gasteiger partial charge on any atom is -0.483 e. The van der Waals surface area contributed by atoms with E-state index in [0.717, 1.165) is 12.8 Å². The molecule has 1 aromatic carbocycles. The van der Waals surface area contributed by atoms with Crippen molar-refractivity contribution in [2.75, 3.05) is 13.2 Å². The lowest BCUT2D eigenvalue weighted by Crippen LogP contribution is -2.21. The van der Waals surface area contributed by atoms with Crippen molar-refractivity contribution >= 4 is 11.9 Å². The summed E-state index contributed by atoms with van der Waals surface area (Å²) in [7, 11) is 0. The van der Waals surface area contributed by atoms with Crippen molar-refractivity contribution in [1.29, 1.82) is 0 Å². The van der Waals surface area contributed by atoms with Crippen molar-refractivity contribution in [1.82, 2.24) is 0 Å². The molecule has 1 aromatic rings. The number of carbonyl (C=O) groups is 2. The molecule has 5 heteroatoms. The molecule has 0 bridgehead atoms. The number of hydrogen-bond donors (Lipinski definition) is 1. The molecule has 0 radical (unpaired) electrons. The zero-order valence-electron chi connectivity index (χ0n) is 12.0. The van der Waals surface area contributed by atoms with Crippen LogP contribution in [-0.4, -0.2) is 25.1 Å². The molecule has 1 saturated carbocycles. The zero-order valence-corrected chi connectivity index (χ0v) is 12.0. The molecule has 0 spiro atoms. The van der Waals surface area contributed by atoms with Crippen LogP contribution in [0.2, 0.25) is 0 Å². The van der Waals surface area contributed by atoms with Gasteiger partial charge in [-0.2, -0.15) is 0 Å². The molecular weight excluding hydrogens is 270 g/mol. The zero-order chi connectivity index (χ0) is 15.1. The Bertz CT molecular complexity index is 495. The van der Waals surface area contributed by atoms with E-state index in [1.807, 2.05) is 0 Å². The third-order valence-corrected chi connectivity index (χ3v) is 3.65. The second kappa shape index (κ2) is 7.67. The van der Waals surface area contributed by atoms with Gasteiger partial charge in [0.25, 0.3) is 5.91 Å². The lowest BCUT2D eigenvalue weighted by Gasteiger charge is -2.21. The van der Waals surface area contributed by atoms with Crippen LogP contribution in [-0.2, 0) is 9.53 Å². The van der Waals surface area contributed by atoms with E-state index in [9.17, 15) is 9.59 Å². The quantitative estimate of drug-likeness (QED) is 0.816. The Kier molecular flexibility index (Phi) is 5.60. The minimum atomic E-state index is -0.583. The van der Waals surface area contributed by atoms with Gasteiger partial charge < -0.3 is 15.2 Å². The second-order valence-electron chi connectivity index (χ2n) is 5.35. The first-order valence-electron chi connectivity index (χ1n) is 7.34. The number of hydrogen-bond acceptors (Lipinski definition) is 4. The number of carbonyl (C=O) groups excluding carboxylic acids is 2. The number of ether oxygens (including phenoxy) is 2. The predicted octanol–water partition coefficient (Wildman–Crippen LogP) is 2.29. The van der Waals surface area contributed by atoms with E-state index in [0.29, 0.717) is 23.8 Å². The van der Waals surface area contributed by atoms with E-state index in [4.69, 9.17) is 15.2 Å². The first-order valence-corrected chi connectivity index (χ1v) is 7.34. The highest BCUT2D eigenvalue weighted by Gasteiger charge is 2.18. The van der Waals surface area contributed by atoms with Gasteiger partial charge in [-0.15, -0.1) is 0 Å². The maximum atomic E-state index is 12.1. The number of esters is 1. The van der Waals surface area contributed by atoms with Crippen LogP contribution in [0.4, 0.5) is 0 Å². The van der Waals surface area contributed by atoms with Crippen molar-refractivity contribution in [3.05, 3.63) is 29.8 Å². The number of para-hydroxylation sites is 1. The molecule has 0 heterocycles. The topological polar surface area (TPSA) is 78.6 Å². The van der Waals surface area contributed by atoms with Crippen LogP contribution in [0.5, 0.6) is 5.75 Å². The molecule has 1 aliphatic rings. The van der Waals surface area contributed by atoms with Crippen molar-refractivity contribution in [3.8, 4) is 5.75 Å². The molecule has 0 atom stereocenters.